The third-order valence-electron chi connectivity index (χ3n) is 2.37. The van der Waals surface area contributed by atoms with Gasteiger partial charge in [0, 0.05) is 5.56 Å². The Balaban J connectivity index is 2.56. The summed E-state index contributed by atoms with van der Waals surface area (Å²) in [7, 11) is 0. The molecule has 0 aliphatic rings. The Kier molecular flexibility index (Phi) is 2.74. The van der Waals surface area contributed by atoms with Gasteiger partial charge in [0.15, 0.2) is 0 Å². The number of hydrogen-bond donors (Lipinski definition) is 2. The maximum atomic E-state index is 11.5. The Bertz CT molecular complexity index is 503. The van der Waals surface area contributed by atoms with Crippen LogP contribution in [-0.2, 0) is 0 Å². The van der Waals surface area contributed by atoms with E-state index in [1.54, 1.807) is 6.26 Å². The molecule has 4 nitrogen and oxygen atoms in total. The first-order valence-corrected chi connectivity index (χ1v) is 4.88. The van der Waals surface area contributed by atoms with E-state index in [0.717, 1.165) is 16.7 Å². The summed E-state index contributed by atoms with van der Waals surface area (Å²) >= 11 is 0. The molecular formula is C12H12N2O2. The standard InChI is InChI=1S/C12H12N2O2/c1-8-7-16-11(12(15)14-13)10(8)9-5-3-2-4-6-9/h2-7H,13H2,1H3,(H,14,15). The summed E-state index contributed by atoms with van der Waals surface area (Å²) in [4.78, 5) is 11.5. The summed E-state index contributed by atoms with van der Waals surface area (Å²) < 4.78 is 5.21. The van der Waals surface area contributed by atoms with Gasteiger partial charge in [-0.05, 0) is 18.1 Å². The van der Waals surface area contributed by atoms with Crippen molar-refractivity contribution in [1.82, 2.24) is 5.43 Å². The van der Waals surface area contributed by atoms with Gasteiger partial charge >= 0.3 is 5.91 Å². The number of nitrogens with one attached hydrogen (secondary N) is 1. The van der Waals surface area contributed by atoms with E-state index in [4.69, 9.17) is 10.3 Å². The van der Waals surface area contributed by atoms with Crippen LogP contribution in [0, 0.1) is 6.92 Å². The highest BCUT2D eigenvalue weighted by atomic mass is 16.3. The predicted molar refractivity (Wildman–Crippen MR) is 60.5 cm³/mol. The van der Waals surface area contributed by atoms with Gasteiger partial charge in [-0.3, -0.25) is 10.2 Å². The Morgan fingerprint density at radius 1 is 1.31 bits per heavy atom. The molecule has 0 radical (unpaired) electrons. The van der Waals surface area contributed by atoms with E-state index < -0.39 is 5.91 Å². The maximum Gasteiger partial charge on any atom is 0.301 e. The predicted octanol–water partition coefficient (Wildman–Crippen LogP) is 1.86. The van der Waals surface area contributed by atoms with E-state index in [1.165, 1.54) is 0 Å². The zero-order chi connectivity index (χ0) is 11.5. The van der Waals surface area contributed by atoms with Crippen molar-refractivity contribution >= 4 is 5.91 Å². The zero-order valence-electron chi connectivity index (χ0n) is 8.86. The van der Waals surface area contributed by atoms with Crippen LogP contribution in [-0.4, -0.2) is 5.91 Å². The molecule has 0 unspecified atom stereocenters. The number of aryl methyl sites for hydroxylation is 1. The topological polar surface area (TPSA) is 68.3 Å². The van der Waals surface area contributed by atoms with E-state index in [0.29, 0.717) is 0 Å². The lowest BCUT2D eigenvalue weighted by Gasteiger charge is -2.02. The van der Waals surface area contributed by atoms with E-state index in [9.17, 15) is 4.79 Å². The summed E-state index contributed by atoms with van der Waals surface area (Å²) in [5.41, 5.74) is 4.70. The van der Waals surface area contributed by atoms with Crippen LogP contribution in [0.5, 0.6) is 0 Å². The zero-order valence-corrected chi connectivity index (χ0v) is 8.86. The Hall–Kier alpha value is -2.07. The van der Waals surface area contributed by atoms with Gasteiger partial charge in [-0.1, -0.05) is 30.3 Å². The number of rotatable bonds is 2. The van der Waals surface area contributed by atoms with Gasteiger partial charge in [-0.15, -0.1) is 0 Å². The molecule has 0 aliphatic carbocycles. The van der Waals surface area contributed by atoms with E-state index in [1.807, 2.05) is 37.3 Å². The summed E-state index contributed by atoms with van der Waals surface area (Å²) in [5.74, 6) is 4.92. The van der Waals surface area contributed by atoms with Crippen LogP contribution in [0.4, 0.5) is 0 Å². The molecule has 0 atom stereocenters. The molecule has 0 saturated heterocycles. The van der Waals surface area contributed by atoms with Gasteiger partial charge in [0.25, 0.3) is 0 Å². The first-order chi connectivity index (χ1) is 7.74. The quantitative estimate of drug-likeness (QED) is 0.457. The van der Waals surface area contributed by atoms with Crippen LogP contribution in [0.25, 0.3) is 11.1 Å². The second kappa shape index (κ2) is 4.20. The van der Waals surface area contributed by atoms with Crippen molar-refractivity contribution in [2.75, 3.05) is 0 Å². The van der Waals surface area contributed by atoms with Crippen LogP contribution < -0.4 is 11.3 Å². The third-order valence-corrected chi connectivity index (χ3v) is 2.37. The molecule has 3 N–H and O–H groups in total. The second-order valence-electron chi connectivity index (χ2n) is 3.46. The van der Waals surface area contributed by atoms with Crippen LogP contribution in [0.15, 0.2) is 41.0 Å². The largest absolute Gasteiger partial charge is 0.458 e. The summed E-state index contributed by atoms with van der Waals surface area (Å²) in [6.07, 6.45) is 1.55. The third kappa shape index (κ3) is 1.70. The van der Waals surface area contributed by atoms with Gasteiger partial charge in [0.2, 0.25) is 5.76 Å². The molecule has 1 amide bonds. The smallest absolute Gasteiger partial charge is 0.301 e. The monoisotopic (exact) mass is 216 g/mol. The van der Waals surface area contributed by atoms with Crippen LogP contribution >= 0.6 is 0 Å². The van der Waals surface area contributed by atoms with Crippen molar-refractivity contribution < 1.29 is 9.21 Å². The molecule has 1 heterocycles. The van der Waals surface area contributed by atoms with Gasteiger partial charge in [0.05, 0.1) is 6.26 Å². The average Bonchev–Trinajstić information content (AvgIpc) is 2.71. The van der Waals surface area contributed by atoms with Crippen LogP contribution in [0.2, 0.25) is 0 Å². The van der Waals surface area contributed by atoms with Crippen LogP contribution in [0.1, 0.15) is 16.1 Å². The van der Waals surface area contributed by atoms with Gasteiger partial charge in [-0.2, -0.15) is 0 Å². The van der Waals surface area contributed by atoms with Crippen molar-refractivity contribution in [2.45, 2.75) is 6.92 Å². The number of furan rings is 1. The van der Waals surface area contributed by atoms with Crippen molar-refractivity contribution in [3.05, 3.63) is 47.9 Å². The summed E-state index contributed by atoms with van der Waals surface area (Å²) in [6.45, 7) is 1.89. The van der Waals surface area contributed by atoms with Gasteiger partial charge < -0.3 is 4.42 Å². The number of hydrogen-bond acceptors (Lipinski definition) is 3. The Morgan fingerprint density at radius 2 is 2.00 bits per heavy atom. The number of nitrogens with two attached hydrogens (primary N) is 1. The molecular weight excluding hydrogens is 204 g/mol. The van der Waals surface area contributed by atoms with Crippen molar-refractivity contribution in [3.63, 3.8) is 0 Å². The van der Waals surface area contributed by atoms with Crippen molar-refractivity contribution in [3.8, 4) is 11.1 Å². The minimum Gasteiger partial charge on any atom is -0.458 e. The fourth-order valence-electron chi connectivity index (χ4n) is 1.64. The molecule has 1 aromatic heterocycles. The average molecular weight is 216 g/mol. The lowest BCUT2D eigenvalue weighted by atomic mass is 10.0. The first kappa shape index (κ1) is 10.4. The molecule has 2 rings (SSSR count). The van der Waals surface area contributed by atoms with E-state index >= 15 is 0 Å². The minimum atomic E-state index is -0.424. The van der Waals surface area contributed by atoms with Crippen molar-refractivity contribution in [2.24, 2.45) is 5.84 Å². The molecule has 1 aromatic carbocycles. The normalized spacial score (nSPS) is 10.1. The highest BCUT2D eigenvalue weighted by molar-refractivity contribution is 5.98. The fourth-order valence-corrected chi connectivity index (χ4v) is 1.64. The van der Waals surface area contributed by atoms with E-state index in [2.05, 4.69) is 5.43 Å². The first-order valence-electron chi connectivity index (χ1n) is 4.88. The number of carbonyl (C=O) groups is 1. The molecule has 0 aliphatic heterocycles. The minimum absolute atomic E-state index is 0.242. The molecule has 0 fully saturated rings. The number of hydrazine groups is 1. The molecule has 0 spiro atoms. The molecule has 4 heteroatoms. The van der Waals surface area contributed by atoms with Crippen molar-refractivity contribution in [1.29, 1.82) is 0 Å². The fraction of sp³-hybridized carbons (Fsp3) is 0.0833. The number of amides is 1. The number of carbonyl (C=O) groups excluding carboxylic acids is 1. The molecule has 82 valence electrons. The molecule has 2 aromatic rings. The highest BCUT2D eigenvalue weighted by Crippen LogP contribution is 2.28. The maximum absolute atomic E-state index is 11.5. The number of nitrogen functional groups attached to an aromatic ring is 1. The Morgan fingerprint density at radius 3 is 2.62 bits per heavy atom. The summed E-state index contributed by atoms with van der Waals surface area (Å²) in [6, 6.07) is 9.58. The highest BCUT2D eigenvalue weighted by Gasteiger charge is 2.18. The lowest BCUT2D eigenvalue weighted by molar-refractivity contribution is 0.0927. The molecule has 16 heavy (non-hydrogen) atoms. The summed E-state index contributed by atoms with van der Waals surface area (Å²) in [5, 5.41) is 0. The molecule has 0 bridgehead atoms. The molecule has 0 saturated carbocycles. The Labute approximate surface area is 93.0 Å². The van der Waals surface area contributed by atoms with Crippen LogP contribution in [0.3, 0.4) is 0 Å². The van der Waals surface area contributed by atoms with E-state index in [-0.39, 0.29) is 5.76 Å². The second-order valence-corrected chi connectivity index (χ2v) is 3.46. The lowest BCUT2D eigenvalue weighted by Crippen LogP contribution is -2.30. The van der Waals surface area contributed by atoms with Gasteiger partial charge in [0.1, 0.15) is 0 Å². The SMILES string of the molecule is Cc1coc(C(=O)NN)c1-c1ccccc1. The number of benzene rings is 1. The van der Waals surface area contributed by atoms with Gasteiger partial charge in [-0.25, -0.2) is 5.84 Å².